The summed E-state index contributed by atoms with van der Waals surface area (Å²) < 4.78 is 10.3. The average molecular weight is 225 g/mol. The predicted molar refractivity (Wildman–Crippen MR) is 60.8 cm³/mol. The van der Waals surface area contributed by atoms with E-state index in [1.54, 1.807) is 7.11 Å². The van der Waals surface area contributed by atoms with Gasteiger partial charge in [0, 0.05) is 7.11 Å². The van der Waals surface area contributed by atoms with Gasteiger partial charge in [-0.05, 0) is 12.8 Å². The molecule has 16 heavy (non-hydrogen) atoms. The van der Waals surface area contributed by atoms with Crippen molar-refractivity contribution in [2.75, 3.05) is 20.8 Å². The highest BCUT2D eigenvalue weighted by Crippen LogP contribution is 2.31. The molecular formula is C12H19NO3. The second-order valence-corrected chi connectivity index (χ2v) is 3.99. The number of carbonyl (C=O) groups excluding carboxylic acids is 1. The van der Waals surface area contributed by atoms with Crippen LogP contribution in [0.4, 0.5) is 0 Å². The first-order valence-corrected chi connectivity index (χ1v) is 5.51. The van der Waals surface area contributed by atoms with Crippen molar-refractivity contribution in [3.05, 3.63) is 0 Å². The maximum absolute atomic E-state index is 11.9. The molecule has 1 saturated carbocycles. The summed E-state index contributed by atoms with van der Waals surface area (Å²) in [5, 5.41) is 3.10. The summed E-state index contributed by atoms with van der Waals surface area (Å²) >= 11 is 0. The number of esters is 1. The lowest BCUT2D eigenvalue weighted by Gasteiger charge is -2.41. The molecule has 90 valence electrons. The van der Waals surface area contributed by atoms with Crippen LogP contribution in [-0.2, 0) is 14.3 Å². The van der Waals surface area contributed by atoms with Crippen molar-refractivity contribution in [2.24, 2.45) is 0 Å². The molecule has 0 radical (unpaired) electrons. The molecule has 0 heterocycles. The fourth-order valence-electron chi connectivity index (χ4n) is 2.36. The van der Waals surface area contributed by atoms with Crippen LogP contribution < -0.4 is 5.32 Å². The molecular weight excluding hydrogens is 206 g/mol. The summed E-state index contributed by atoms with van der Waals surface area (Å²) in [4.78, 5) is 11.9. The molecule has 0 bridgehead atoms. The Balaban J connectivity index is 2.90. The van der Waals surface area contributed by atoms with Crippen LogP contribution in [0.5, 0.6) is 0 Å². The van der Waals surface area contributed by atoms with Crippen LogP contribution in [0.25, 0.3) is 0 Å². The van der Waals surface area contributed by atoms with E-state index in [-0.39, 0.29) is 12.1 Å². The number of nitrogens with one attached hydrogen (secondary N) is 1. The highest BCUT2D eigenvalue weighted by atomic mass is 16.5. The molecule has 0 aliphatic heterocycles. The quantitative estimate of drug-likeness (QED) is 0.565. The van der Waals surface area contributed by atoms with Crippen molar-refractivity contribution in [2.45, 2.75) is 37.3 Å². The van der Waals surface area contributed by atoms with Crippen LogP contribution in [0, 0.1) is 12.3 Å². The number of rotatable bonds is 4. The first-order chi connectivity index (χ1) is 7.71. The highest BCUT2D eigenvalue weighted by Gasteiger charge is 2.48. The standard InChI is InChI=1S/C12H19NO3/c1-4-9-13-12(11(14)16-3)8-6-5-7-10(12)15-2/h1,10,13H,5-9H2,2-3H3. The van der Waals surface area contributed by atoms with Gasteiger partial charge in [-0.1, -0.05) is 18.8 Å². The van der Waals surface area contributed by atoms with Gasteiger partial charge < -0.3 is 9.47 Å². The van der Waals surface area contributed by atoms with E-state index >= 15 is 0 Å². The molecule has 0 amide bonds. The number of hydrogen-bond donors (Lipinski definition) is 1. The Kier molecular flexibility index (Phi) is 4.78. The maximum Gasteiger partial charge on any atom is 0.328 e. The van der Waals surface area contributed by atoms with Crippen molar-refractivity contribution in [1.29, 1.82) is 0 Å². The Bertz CT molecular complexity index is 284. The SMILES string of the molecule is C#CCNC1(C(=O)OC)CCCCC1OC. The monoisotopic (exact) mass is 225 g/mol. The molecule has 1 rings (SSSR count). The minimum absolute atomic E-state index is 0.165. The Labute approximate surface area is 96.7 Å². The molecule has 0 aromatic rings. The molecule has 1 N–H and O–H groups in total. The molecule has 0 saturated heterocycles. The number of hydrogen-bond acceptors (Lipinski definition) is 4. The van der Waals surface area contributed by atoms with Gasteiger partial charge in [0.2, 0.25) is 0 Å². The van der Waals surface area contributed by atoms with E-state index in [0.717, 1.165) is 19.3 Å². The Morgan fingerprint density at radius 1 is 1.56 bits per heavy atom. The van der Waals surface area contributed by atoms with Gasteiger partial charge in [-0.25, -0.2) is 4.79 Å². The summed E-state index contributed by atoms with van der Waals surface area (Å²) in [6.45, 7) is 0.342. The lowest BCUT2D eigenvalue weighted by molar-refractivity contribution is -0.158. The third-order valence-electron chi connectivity index (χ3n) is 3.18. The normalized spacial score (nSPS) is 29.4. The first-order valence-electron chi connectivity index (χ1n) is 5.51. The molecule has 4 nitrogen and oxygen atoms in total. The highest BCUT2D eigenvalue weighted by molar-refractivity contribution is 5.82. The van der Waals surface area contributed by atoms with E-state index in [4.69, 9.17) is 15.9 Å². The molecule has 0 aromatic carbocycles. The number of carbonyl (C=O) groups is 1. The summed E-state index contributed by atoms with van der Waals surface area (Å²) in [7, 11) is 3.01. The average Bonchev–Trinajstić information content (AvgIpc) is 2.35. The molecule has 2 atom stereocenters. The molecule has 0 spiro atoms. The minimum Gasteiger partial charge on any atom is -0.468 e. The Morgan fingerprint density at radius 2 is 2.31 bits per heavy atom. The van der Waals surface area contributed by atoms with E-state index in [1.165, 1.54) is 7.11 Å². The van der Waals surface area contributed by atoms with Crippen molar-refractivity contribution in [1.82, 2.24) is 5.32 Å². The summed E-state index contributed by atoms with van der Waals surface area (Å²) in [5.74, 6) is 2.21. The number of ether oxygens (including phenoxy) is 2. The van der Waals surface area contributed by atoms with Crippen LogP contribution in [-0.4, -0.2) is 38.4 Å². The van der Waals surface area contributed by atoms with E-state index < -0.39 is 5.54 Å². The second kappa shape index (κ2) is 5.88. The van der Waals surface area contributed by atoms with Crippen molar-refractivity contribution >= 4 is 5.97 Å². The number of terminal acetylenes is 1. The summed E-state index contributed by atoms with van der Waals surface area (Å²) in [5.41, 5.74) is -0.770. The predicted octanol–water partition coefficient (Wildman–Crippen LogP) is 0.710. The van der Waals surface area contributed by atoms with Gasteiger partial charge in [0.25, 0.3) is 0 Å². The van der Waals surface area contributed by atoms with Gasteiger partial charge in [0.1, 0.15) is 5.54 Å². The zero-order valence-electron chi connectivity index (χ0n) is 9.91. The molecule has 4 heteroatoms. The van der Waals surface area contributed by atoms with Gasteiger partial charge in [0.05, 0.1) is 19.8 Å². The third-order valence-corrected chi connectivity index (χ3v) is 3.18. The van der Waals surface area contributed by atoms with Gasteiger partial charge in [-0.3, -0.25) is 5.32 Å². The fraction of sp³-hybridized carbons (Fsp3) is 0.750. The molecule has 1 fully saturated rings. The lowest BCUT2D eigenvalue weighted by Crippen LogP contribution is -2.62. The molecule has 1 aliphatic carbocycles. The summed E-state index contributed by atoms with van der Waals surface area (Å²) in [6.07, 6.45) is 8.66. The Hall–Kier alpha value is -1.05. The summed E-state index contributed by atoms with van der Waals surface area (Å²) in [6, 6.07) is 0. The van der Waals surface area contributed by atoms with Gasteiger partial charge in [-0.2, -0.15) is 0 Å². The third kappa shape index (κ3) is 2.37. The van der Waals surface area contributed by atoms with E-state index in [1.807, 2.05) is 0 Å². The van der Waals surface area contributed by atoms with Gasteiger partial charge in [-0.15, -0.1) is 6.42 Å². The van der Waals surface area contributed by atoms with E-state index in [2.05, 4.69) is 11.2 Å². The van der Waals surface area contributed by atoms with Crippen LogP contribution in [0.1, 0.15) is 25.7 Å². The molecule has 0 aromatic heterocycles. The maximum atomic E-state index is 11.9. The zero-order valence-corrected chi connectivity index (χ0v) is 9.91. The van der Waals surface area contributed by atoms with Crippen molar-refractivity contribution in [3.63, 3.8) is 0 Å². The molecule has 1 aliphatic rings. The van der Waals surface area contributed by atoms with Crippen molar-refractivity contribution < 1.29 is 14.3 Å². The second-order valence-electron chi connectivity index (χ2n) is 3.99. The van der Waals surface area contributed by atoms with Crippen LogP contribution >= 0.6 is 0 Å². The van der Waals surface area contributed by atoms with Crippen LogP contribution in [0.3, 0.4) is 0 Å². The molecule has 2 unspecified atom stereocenters. The van der Waals surface area contributed by atoms with Gasteiger partial charge >= 0.3 is 5.97 Å². The topological polar surface area (TPSA) is 47.6 Å². The van der Waals surface area contributed by atoms with Crippen molar-refractivity contribution in [3.8, 4) is 12.3 Å². The van der Waals surface area contributed by atoms with E-state index in [9.17, 15) is 4.79 Å². The minimum atomic E-state index is -0.770. The van der Waals surface area contributed by atoms with E-state index in [0.29, 0.717) is 13.0 Å². The smallest absolute Gasteiger partial charge is 0.328 e. The number of methoxy groups -OCH3 is 2. The largest absolute Gasteiger partial charge is 0.468 e. The van der Waals surface area contributed by atoms with Gasteiger partial charge in [0.15, 0.2) is 0 Å². The van der Waals surface area contributed by atoms with Crippen LogP contribution in [0.2, 0.25) is 0 Å². The van der Waals surface area contributed by atoms with Crippen LogP contribution in [0.15, 0.2) is 0 Å². The zero-order chi connectivity index (χ0) is 12.0. The fourth-order valence-corrected chi connectivity index (χ4v) is 2.36. The lowest BCUT2D eigenvalue weighted by atomic mass is 9.79. The Morgan fingerprint density at radius 3 is 2.88 bits per heavy atom. The first kappa shape index (κ1) is 13.0.